The number of methoxy groups -OCH3 is 1. The first-order chi connectivity index (χ1) is 14.7. The van der Waals surface area contributed by atoms with Crippen LogP contribution in [0.3, 0.4) is 0 Å². The zero-order valence-electron chi connectivity index (χ0n) is 17.1. The van der Waals surface area contributed by atoms with Gasteiger partial charge < -0.3 is 14.5 Å². The predicted octanol–water partition coefficient (Wildman–Crippen LogP) is 3.11. The van der Waals surface area contributed by atoms with Crippen LogP contribution in [0.15, 0.2) is 66.1 Å². The SMILES string of the molecule is COc1cccc(-n2cnnc2S[C@@H](C)C(=O)N2CCN(c3ccccc3)CC2)c1. The number of hydrogen-bond acceptors (Lipinski definition) is 6. The van der Waals surface area contributed by atoms with E-state index >= 15 is 0 Å². The summed E-state index contributed by atoms with van der Waals surface area (Å²) in [6.07, 6.45) is 1.66. The minimum Gasteiger partial charge on any atom is -0.497 e. The molecule has 1 saturated heterocycles. The normalized spacial score (nSPS) is 15.1. The Bertz CT molecular complexity index is 986. The molecule has 0 N–H and O–H groups in total. The fraction of sp³-hybridized carbons (Fsp3) is 0.318. The van der Waals surface area contributed by atoms with Crippen molar-refractivity contribution in [2.24, 2.45) is 0 Å². The van der Waals surface area contributed by atoms with Crippen molar-refractivity contribution in [1.29, 1.82) is 0 Å². The van der Waals surface area contributed by atoms with E-state index in [0.717, 1.165) is 37.6 Å². The molecule has 156 valence electrons. The van der Waals surface area contributed by atoms with Crippen LogP contribution in [0, 0.1) is 0 Å². The minimum atomic E-state index is -0.248. The molecule has 8 heteroatoms. The third-order valence-electron chi connectivity index (χ3n) is 5.19. The highest BCUT2D eigenvalue weighted by molar-refractivity contribution is 8.00. The summed E-state index contributed by atoms with van der Waals surface area (Å²) in [5, 5.41) is 8.70. The first kappa shape index (κ1) is 20.3. The summed E-state index contributed by atoms with van der Waals surface area (Å²) >= 11 is 1.43. The van der Waals surface area contributed by atoms with Crippen LogP contribution in [0.25, 0.3) is 5.69 Å². The van der Waals surface area contributed by atoms with Crippen LogP contribution in [0.4, 0.5) is 5.69 Å². The first-order valence-electron chi connectivity index (χ1n) is 9.95. The van der Waals surface area contributed by atoms with Gasteiger partial charge in [0.1, 0.15) is 12.1 Å². The summed E-state index contributed by atoms with van der Waals surface area (Å²) in [4.78, 5) is 17.3. The van der Waals surface area contributed by atoms with Crippen molar-refractivity contribution in [2.45, 2.75) is 17.3 Å². The average molecular weight is 424 g/mol. The molecule has 1 aliphatic heterocycles. The van der Waals surface area contributed by atoms with Gasteiger partial charge in [-0.3, -0.25) is 9.36 Å². The van der Waals surface area contributed by atoms with Crippen molar-refractivity contribution in [3.63, 3.8) is 0 Å². The summed E-state index contributed by atoms with van der Waals surface area (Å²) in [5.41, 5.74) is 2.11. The maximum absolute atomic E-state index is 13.0. The molecular weight excluding hydrogens is 398 g/mol. The van der Waals surface area contributed by atoms with Gasteiger partial charge in [0.25, 0.3) is 0 Å². The van der Waals surface area contributed by atoms with Gasteiger partial charge in [0.05, 0.1) is 18.0 Å². The number of carbonyl (C=O) groups excluding carboxylic acids is 1. The van der Waals surface area contributed by atoms with Crippen LogP contribution in [0.1, 0.15) is 6.92 Å². The molecule has 0 unspecified atom stereocenters. The summed E-state index contributed by atoms with van der Waals surface area (Å²) in [6, 6.07) is 18.0. The summed E-state index contributed by atoms with van der Waals surface area (Å²) in [7, 11) is 1.64. The first-order valence-corrected chi connectivity index (χ1v) is 10.8. The summed E-state index contributed by atoms with van der Waals surface area (Å²) in [5.74, 6) is 0.894. The fourth-order valence-corrected chi connectivity index (χ4v) is 4.46. The highest BCUT2D eigenvalue weighted by atomic mass is 32.2. The second-order valence-electron chi connectivity index (χ2n) is 7.09. The third-order valence-corrected chi connectivity index (χ3v) is 6.23. The van der Waals surface area contributed by atoms with E-state index in [-0.39, 0.29) is 11.2 Å². The smallest absolute Gasteiger partial charge is 0.236 e. The number of nitrogens with zero attached hydrogens (tertiary/aromatic N) is 5. The Morgan fingerprint density at radius 2 is 1.77 bits per heavy atom. The second kappa shape index (κ2) is 9.21. The molecule has 3 aromatic rings. The Labute approximate surface area is 180 Å². The van der Waals surface area contributed by atoms with Gasteiger partial charge in [0.2, 0.25) is 5.91 Å². The lowest BCUT2D eigenvalue weighted by Gasteiger charge is -2.37. The number of hydrogen-bond donors (Lipinski definition) is 0. The number of aromatic nitrogens is 3. The molecule has 0 aliphatic carbocycles. The quantitative estimate of drug-likeness (QED) is 0.568. The third kappa shape index (κ3) is 4.43. The molecule has 2 aromatic carbocycles. The van der Waals surface area contributed by atoms with Gasteiger partial charge in [-0.1, -0.05) is 36.0 Å². The lowest BCUT2D eigenvalue weighted by Crippen LogP contribution is -2.50. The van der Waals surface area contributed by atoms with E-state index in [4.69, 9.17) is 4.74 Å². The molecule has 1 amide bonds. The number of carbonyl (C=O) groups is 1. The number of benzene rings is 2. The molecule has 7 nitrogen and oxygen atoms in total. The summed E-state index contributed by atoms with van der Waals surface area (Å²) < 4.78 is 7.19. The molecule has 30 heavy (non-hydrogen) atoms. The zero-order chi connectivity index (χ0) is 20.9. The molecule has 1 aliphatic rings. The van der Waals surface area contributed by atoms with Gasteiger partial charge in [-0.25, -0.2) is 0 Å². The topological polar surface area (TPSA) is 63.5 Å². The summed E-state index contributed by atoms with van der Waals surface area (Å²) in [6.45, 7) is 5.06. The molecular formula is C22H25N5O2S. The van der Waals surface area contributed by atoms with Crippen molar-refractivity contribution in [3.05, 3.63) is 60.9 Å². The number of ether oxygens (including phenoxy) is 1. The monoisotopic (exact) mass is 423 g/mol. The number of para-hydroxylation sites is 1. The van der Waals surface area contributed by atoms with E-state index in [0.29, 0.717) is 5.16 Å². The Morgan fingerprint density at radius 1 is 1.03 bits per heavy atom. The molecule has 2 heterocycles. The van der Waals surface area contributed by atoms with Crippen LogP contribution >= 0.6 is 11.8 Å². The number of amides is 1. The van der Waals surface area contributed by atoms with Gasteiger partial charge in [-0.05, 0) is 31.2 Å². The largest absolute Gasteiger partial charge is 0.497 e. The Morgan fingerprint density at radius 3 is 2.50 bits per heavy atom. The molecule has 0 bridgehead atoms. The van der Waals surface area contributed by atoms with E-state index in [1.807, 2.05) is 58.9 Å². The van der Waals surface area contributed by atoms with E-state index < -0.39 is 0 Å². The minimum absolute atomic E-state index is 0.132. The molecule has 1 atom stereocenters. The zero-order valence-corrected chi connectivity index (χ0v) is 18.0. The van der Waals surface area contributed by atoms with Gasteiger partial charge in [-0.2, -0.15) is 0 Å². The standard InChI is InChI=1S/C22H25N5O2S/c1-17(21(28)26-13-11-25(12-14-26)18-7-4-3-5-8-18)30-22-24-23-16-27(22)19-9-6-10-20(15-19)29-2/h3-10,15-17H,11-14H2,1-2H3/t17-/m0/s1. The van der Waals surface area contributed by atoms with Crippen molar-refractivity contribution in [3.8, 4) is 11.4 Å². The average Bonchev–Trinajstić information content (AvgIpc) is 3.27. The van der Waals surface area contributed by atoms with Crippen LogP contribution in [0.5, 0.6) is 5.75 Å². The van der Waals surface area contributed by atoms with E-state index in [1.165, 1.54) is 17.4 Å². The Hall–Kier alpha value is -3.00. The molecule has 0 saturated carbocycles. The number of piperazine rings is 1. The van der Waals surface area contributed by atoms with Crippen molar-refractivity contribution < 1.29 is 9.53 Å². The highest BCUT2D eigenvalue weighted by Crippen LogP contribution is 2.27. The van der Waals surface area contributed by atoms with Gasteiger partial charge in [-0.15, -0.1) is 10.2 Å². The van der Waals surface area contributed by atoms with Crippen molar-refractivity contribution in [1.82, 2.24) is 19.7 Å². The maximum Gasteiger partial charge on any atom is 0.236 e. The van der Waals surface area contributed by atoms with Crippen LogP contribution in [-0.2, 0) is 4.79 Å². The Balaban J connectivity index is 1.38. The number of anilines is 1. The van der Waals surface area contributed by atoms with Gasteiger partial charge >= 0.3 is 0 Å². The molecule has 0 radical (unpaired) electrons. The van der Waals surface area contributed by atoms with Crippen LogP contribution in [-0.4, -0.2) is 64.1 Å². The van der Waals surface area contributed by atoms with Crippen molar-refractivity contribution in [2.75, 3.05) is 38.2 Å². The molecule has 4 rings (SSSR count). The molecule has 0 spiro atoms. The van der Waals surface area contributed by atoms with E-state index in [1.54, 1.807) is 13.4 Å². The predicted molar refractivity (Wildman–Crippen MR) is 118 cm³/mol. The number of thioether (sulfide) groups is 1. The Kier molecular flexibility index (Phi) is 6.23. The van der Waals surface area contributed by atoms with E-state index in [2.05, 4.69) is 27.2 Å². The molecule has 1 aromatic heterocycles. The highest BCUT2D eigenvalue weighted by Gasteiger charge is 2.27. The second-order valence-corrected chi connectivity index (χ2v) is 8.40. The van der Waals surface area contributed by atoms with Crippen molar-refractivity contribution >= 4 is 23.4 Å². The van der Waals surface area contributed by atoms with Gasteiger partial charge in [0, 0.05) is 37.9 Å². The van der Waals surface area contributed by atoms with E-state index in [9.17, 15) is 4.79 Å². The number of rotatable bonds is 6. The maximum atomic E-state index is 13.0. The lowest BCUT2D eigenvalue weighted by atomic mass is 10.2. The fourth-order valence-electron chi connectivity index (χ4n) is 3.53. The van der Waals surface area contributed by atoms with Crippen LogP contribution in [0.2, 0.25) is 0 Å². The lowest BCUT2D eigenvalue weighted by molar-refractivity contribution is -0.130. The van der Waals surface area contributed by atoms with Gasteiger partial charge in [0.15, 0.2) is 5.16 Å². The van der Waals surface area contributed by atoms with Crippen LogP contribution < -0.4 is 9.64 Å². The molecule has 1 fully saturated rings.